The summed E-state index contributed by atoms with van der Waals surface area (Å²) in [5.74, 6) is 6.10. The minimum absolute atomic E-state index is 0.714. The highest BCUT2D eigenvalue weighted by atomic mass is 35.5. The number of hydrogen-bond acceptors (Lipinski definition) is 4. The molecule has 0 fully saturated rings. The molecule has 1 heterocycles. The average Bonchev–Trinajstić information content (AvgIpc) is 2.63. The Morgan fingerprint density at radius 2 is 1.79 bits per heavy atom. The summed E-state index contributed by atoms with van der Waals surface area (Å²) in [6.07, 6.45) is 1.73. The number of hydrazine groups is 1. The molecule has 0 saturated carbocycles. The van der Waals surface area contributed by atoms with E-state index >= 15 is 0 Å². The van der Waals surface area contributed by atoms with Crippen molar-refractivity contribution in [3.8, 4) is 11.1 Å². The van der Waals surface area contributed by atoms with Crippen molar-refractivity contribution in [1.82, 2.24) is 4.98 Å². The smallest absolute Gasteiger partial charge is 0.0860 e. The lowest BCUT2D eigenvalue weighted by molar-refractivity contribution is 0.922. The monoisotopic (exact) mass is 336 g/mol. The fraction of sp³-hybridized carbons (Fsp3) is 0.0526. The van der Waals surface area contributed by atoms with Crippen LogP contribution in [-0.2, 0) is 0 Å². The Bertz CT molecular complexity index is 845. The predicted octanol–water partition coefficient (Wildman–Crippen LogP) is 4.51. The van der Waals surface area contributed by atoms with Gasteiger partial charge in [0.25, 0.3) is 0 Å². The van der Waals surface area contributed by atoms with Crippen LogP contribution in [-0.4, -0.2) is 10.7 Å². The summed E-state index contributed by atoms with van der Waals surface area (Å²) in [7, 11) is 0. The number of nitrogens with zero attached hydrogens (tertiary/aromatic N) is 3. The van der Waals surface area contributed by atoms with Crippen molar-refractivity contribution < 1.29 is 0 Å². The van der Waals surface area contributed by atoms with Crippen LogP contribution in [0.25, 0.3) is 11.1 Å². The lowest BCUT2D eigenvalue weighted by atomic mass is 10.1. The van der Waals surface area contributed by atoms with Crippen LogP contribution in [0.15, 0.2) is 78.0 Å². The third kappa shape index (κ3) is 3.79. The molecule has 0 unspecified atom stereocenters. The van der Waals surface area contributed by atoms with Crippen LogP contribution in [0, 0.1) is 0 Å². The van der Waals surface area contributed by atoms with Crippen molar-refractivity contribution >= 4 is 23.0 Å². The highest BCUT2D eigenvalue weighted by Gasteiger charge is 2.05. The third-order valence-electron chi connectivity index (χ3n) is 3.58. The van der Waals surface area contributed by atoms with E-state index < -0.39 is 0 Å². The molecule has 5 heteroatoms. The fourth-order valence-electron chi connectivity index (χ4n) is 2.32. The van der Waals surface area contributed by atoms with Gasteiger partial charge in [-0.1, -0.05) is 41.9 Å². The maximum absolute atomic E-state index is 6.10. The number of aromatic nitrogens is 1. The Labute approximate surface area is 146 Å². The van der Waals surface area contributed by atoms with Gasteiger partial charge in [-0.25, -0.2) is 5.84 Å². The molecule has 3 rings (SSSR count). The largest absolute Gasteiger partial charge is 0.255 e. The van der Waals surface area contributed by atoms with E-state index in [0.717, 1.165) is 28.2 Å². The highest BCUT2D eigenvalue weighted by Crippen LogP contribution is 2.25. The maximum Gasteiger partial charge on any atom is 0.0860 e. The second-order valence-corrected chi connectivity index (χ2v) is 5.74. The number of anilines is 1. The summed E-state index contributed by atoms with van der Waals surface area (Å²) in [4.78, 5) is 4.27. The molecule has 24 heavy (non-hydrogen) atoms. The van der Waals surface area contributed by atoms with Crippen molar-refractivity contribution in [3.05, 3.63) is 83.6 Å². The molecule has 0 aliphatic rings. The number of benzene rings is 2. The molecule has 4 nitrogen and oxygen atoms in total. The number of rotatable bonds is 4. The third-order valence-corrected chi connectivity index (χ3v) is 3.83. The number of hydrazone groups is 1. The van der Waals surface area contributed by atoms with Crippen LogP contribution < -0.4 is 11.0 Å². The molecule has 2 aromatic carbocycles. The van der Waals surface area contributed by atoms with Gasteiger partial charge in [-0.05, 0) is 54.4 Å². The molecule has 0 bridgehead atoms. The zero-order valence-electron chi connectivity index (χ0n) is 13.2. The SMILES string of the molecule is C/C(=N\N(N)c1cccc(-c2ccc(Cl)cc2)c1)c1ccccn1. The molecule has 3 aromatic rings. The Balaban J connectivity index is 1.87. The van der Waals surface area contributed by atoms with Crippen LogP contribution in [0.1, 0.15) is 12.6 Å². The van der Waals surface area contributed by atoms with E-state index in [-0.39, 0.29) is 0 Å². The van der Waals surface area contributed by atoms with Gasteiger partial charge in [-0.3, -0.25) is 4.98 Å². The maximum atomic E-state index is 6.10. The first-order valence-corrected chi connectivity index (χ1v) is 7.89. The Morgan fingerprint density at radius 1 is 1.00 bits per heavy atom. The van der Waals surface area contributed by atoms with Crippen LogP contribution >= 0.6 is 11.6 Å². The van der Waals surface area contributed by atoms with Crippen LogP contribution in [0.4, 0.5) is 5.69 Å². The van der Waals surface area contributed by atoms with E-state index in [1.54, 1.807) is 6.20 Å². The lowest BCUT2D eigenvalue weighted by Crippen LogP contribution is -2.26. The Morgan fingerprint density at radius 3 is 2.50 bits per heavy atom. The molecule has 120 valence electrons. The van der Waals surface area contributed by atoms with Gasteiger partial charge in [0.05, 0.1) is 17.1 Å². The molecule has 0 amide bonds. The average molecular weight is 337 g/mol. The first-order valence-electron chi connectivity index (χ1n) is 7.51. The molecule has 0 aliphatic carbocycles. The second-order valence-electron chi connectivity index (χ2n) is 5.30. The number of pyridine rings is 1. The molecule has 2 N–H and O–H groups in total. The van der Waals surface area contributed by atoms with Crippen molar-refractivity contribution in [2.45, 2.75) is 6.92 Å². The lowest BCUT2D eigenvalue weighted by Gasteiger charge is -2.15. The summed E-state index contributed by atoms with van der Waals surface area (Å²) in [6, 6.07) is 21.2. The van der Waals surface area contributed by atoms with Gasteiger partial charge in [0.15, 0.2) is 0 Å². The van der Waals surface area contributed by atoms with Gasteiger partial charge in [-0.2, -0.15) is 10.2 Å². The van der Waals surface area contributed by atoms with Crippen LogP contribution in [0.2, 0.25) is 5.02 Å². The molecule has 1 aromatic heterocycles. The van der Waals surface area contributed by atoms with Gasteiger partial charge in [0.2, 0.25) is 0 Å². The number of hydrogen-bond donors (Lipinski definition) is 1. The number of halogens is 1. The Kier molecular flexibility index (Phi) is 4.89. The molecular weight excluding hydrogens is 320 g/mol. The second kappa shape index (κ2) is 7.25. The summed E-state index contributed by atoms with van der Waals surface area (Å²) < 4.78 is 0. The molecule has 0 radical (unpaired) electrons. The standard InChI is InChI=1S/C19H17ClN4/c1-14(19-7-2-3-12-22-19)23-24(21)18-6-4-5-16(13-18)15-8-10-17(20)11-9-15/h2-13H,21H2,1H3/b23-14+. The molecule has 0 aliphatic heterocycles. The van der Waals surface area contributed by atoms with Gasteiger partial charge < -0.3 is 0 Å². The zero-order valence-corrected chi connectivity index (χ0v) is 14.0. The quantitative estimate of drug-likeness (QED) is 0.433. The first kappa shape index (κ1) is 16.2. The van der Waals surface area contributed by atoms with Gasteiger partial charge in [0.1, 0.15) is 0 Å². The van der Waals surface area contributed by atoms with Crippen molar-refractivity contribution in [2.75, 3.05) is 5.12 Å². The predicted molar refractivity (Wildman–Crippen MR) is 100 cm³/mol. The normalized spacial score (nSPS) is 11.4. The Hall–Kier alpha value is -2.69. The van der Waals surface area contributed by atoms with Crippen LogP contribution in [0.5, 0.6) is 0 Å². The van der Waals surface area contributed by atoms with E-state index in [1.165, 1.54) is 5.12 Å². The highest BCUT2D eigenvalue weighted by molar-refractivity contribution is 6.30. The summed E-state index contributed by atoms with van der Waals surface area (Å²) in [5.41, 5.74) is 4.44. The minimum Gasteiger partial charge on any atom is -0.255 e. The van der Waals surface area contributed by atoms with E-state index in [1.807, 2.05) is 73.7 Å². The van der Waals surface area contributed by atoms with E-state index in [4.69, 9.17) is 17.4 Å². The summed E-state index contributed by atoms with van der Waals surface area (Å²) in [5, 5.41) is 6.49. The van der Waals surface area contributed by atoms with Crippen LogP contribution in [0.3, 0.4) is 0 Å². The topological polar surface area (TPSA) is 54.5 Å². The minimum atomic E-state index is 0.714. The molecule has 0 atom stereocenters. The molecule has 0 spiro atoms. The van der Waals surface area contributed by atoms with Gasteiger partial charge >= 0.3 is 0 Å². The molecular formula is C19H17ClN4. The van der Waals surface area contributed by atoms with E-state index in [0.29, 0.717) is 5.02 Å². The zero-order chi connectivity index (χ0) is 16.9. The van der Waals surface area contributed by atoms with Crippen molar-refractivity contribution in [3.63, 3.8) is 0 Å². The fourth-order valence-corrected chi connectivity index (χ4v) is 2.44. The van der Waals surface area contributed by atoms with Gasteiger partial charge in [0, 0.05) is 11.2 Å². The van der Waals surface area contributed by atoms with Crippen molar-refractivity contribution in [2.24, 2.45) is 10.9 Å². The first-order chi connectivity index (χ1) is 11.6. The van der Waals surface area contributed by atoms with E-state index in [9.17, 15) is 0 Å². The van der Waals surface area contributed by atoms with Gasteiger partial charge in [-0.15, -0.1) is 0 Å². The molecule has 0 saturated heterocycles. The summed E-state index contributed by atoms with van der Waals surface area (Å²) in [6.45, 7) is 1.88. The van der Waals surface area contributed by atoms with Crippen molar-refractivity contribution in [1.29, 1.82) is 0 Å². The summed E-state index contributed by atoms with van der Waals surface area (Å²) >= 11 is 5.94. The van der Waals surface area contributed by atoms with E-state index in [2.05, 4.69) is 10.1 Å². The number of nitrogens with two attached hydrogens (primary N) is 1.